The van der Waals surface area contributed by atoms with Crippen molar-refractivity contribution in [2.45, 2.75) is 31.0 Å². The van der Waals surface area contributed by atoms with Gasteiger partial charge in [-0.15, -0.1) is 21.5 Å². The average molecular weight is 345 g/mol. The van der Waals surface area contributed by atoms with Crippen molar-refractivity contribution in [2.24, 2.45) is 5.73 Å². The van der Waals surface area contributed by atoms with Gasteiger partial charge in [0.15, 0.2) is 16.8 Å². The fraction of sp³-hybridized carbons (Fsp3) is 0.333. The van der Waals surface area contributed by atoms with Crippen LogP contribution < -0.4 is 5.73 Å². The Balaban J connectivity index is 1.81. The number of nitrogens with two attached hydrogens (primary N) is 1. The van der Waals surface area contributed by atoms with Gasteiger partial charge in [0.2, 0.25) is 0 Å². The van der Waals surface area contributed by atoms with Crippen LogP contribution in [0, 0.1) is 11.3 Å². The molecular weight excluding hydrogens is 330 g/mol. The Morgan fingerprint density at radius 3 is 2.91 bits per heavy atom. The number of thiophene rings is 1. The highest BCUT2D eigenvalue weighted by atomic mass is 32.2. The Morgan fingerprint density at radius 1 is 1.57 bits per heavy atom. The third kappa shape index (κ3) is 3.30. The minimum atomic E-state index is -0.277. The van der Waals surface area contributed by atoms with Crippen molar-refractivity contribution in [1.29, 1.82) is 5.26 Å². The number of hydrogen-bond acceptors (Lipinski definition) is 7. The summed E-state index contributed by atoms with van der Waals surface area (Å²) in [5.74, 6) is 0.705. The Morgan fingerprint density at radius 2 is 2.35 bits per heavy atom. The second-order valence-electron chi connectivity index (χ2n) is 5.27. The Hall–Kier alpha value is -2.11. The molecule has 1 aliphatic carbocycles. The van der Waals surface area contributed by atoms with E-state index in [1.54, 1.807) is 18.3 Å². The molecule has 0 aromatic carbocycles. The monoisotopic (exact) mass is 345 g/mol. The lowest BCUT2D eigenvalue weighted by atomic mass is 10.2. The smallest absolute Gasteiger partial charge is 0.192 e. The van der Waals surface area contributed by atoms with Gasteiger partial charge in [0.1, 0.15) is 11.6 Å². The van der Waals surface area contributed by atoms with Crippen molar-refractivity contribution < 1.29 is 4.79 Å². The molecule has 6 nitrogen and oxygen atoms in total. The van der Waals surface area contributed by atoms with E-state index in [4.69, 9.17) is 11.0 Å². The number of rotatable bonds is 6. The summed E-state index contributed by atoms with van der Waals surface area (Å²) in [6, 6.07) is 6.27. The molecule has 2 aromatic heterocycles. The van der Waals surface area contributed by atoms with E-state index in [0.717, 1.165) is 28.7 Å². The summed E-state index contributed by atoms with van der Waals surface area (Å²) in [6.45, 7) is 1.56. The van der Waals surface area contributed by atoms with Crippen LogP contribution in [0.5, 0.6) is 0 Å². The van der Waals surface area contributed by atoms with Crippen LogP contribution in [0.15, 0.2) is 33.9 Å². The van der Waals surface area contributed by atoms with Gasteiger partial charge in [0, 0.05) is 11.7 Å². The van der Waals surface area contributed by atoms with Gasteiger partial charge < -0.3 is 5.73 Å². The lowest BCUT2D eigenvalue weighted by molar-refractivity contribution is -0.112. The van der Waals surface area contributed by atoms with Crippen LogP contribution in [-0.2, 0) is 4.79 Å². The minimum absolute atomic E-state index is 0.0217. The molecule has 0 aliphatic heterocycles. The summed E-state index contributed by atoms with van der Waals surface area (Å²) in [6.07, 6.45) is 2.20. The number of Topliss-reactive ketones (excluding diaryl/α,β-unsaturated/α-hetero) is 1. The number of nitriles is 1. The van der Waals surface area contributed by atoms with E-state index in [9.17, 15) is 4.79 Å². The first-order valence-corrected chi connectivity index (χ1v) is 8.99. The van der Waals surface area contributed by atoms with Gasteiger partial charge >= 0.3 is 0 Å². The molecule has 23 heavy (non-hydrogen) atoms. The summed E-state index contributed by atoms with van der Waals surface area (Å²) < 4.78 is 2.11. The second kappa shape index (κ2) is 6.56. The molecule has 3 rings (SSSR count). The Kier molecular flexibility index (Phi) is 4.50. The number of nitrogens with zero attached hydrogens (tertiary/aromatic N) is 4. The molecule has 1 aliphatic rings. The summed E-state index contributed by atoms with van der Waals surface area (Å²) in [4.78, 5) is 13.2. The lowest BCUT2D eigenvalue weighted by Crippen LogP contribution is -2.11. The predicted octanol–water partition coefficient (Wildman–Crippen LogP) is 2.76. The van der Waals surface area contributed by atoms with E-state index in [1.165, 1.54) is 11.8 Å². The van der Waals surface area contributed by atoms with Crippen molar-refractivity contribution in [3.05, 3.63) is 28.8 Å². The molecule has 0 bridgehead atoms. The fourth-order valence-electron chi connectivity index (χ4n) is 2.18. The largest absolute Gasteiger partial charge is 0.401 e. The van der Waals surface area contributed by atoms with Crippen molar-refractivity contribution in [3.8, 4) is 16.8 Å². The van der Waals surface area contributed by atoms with E-state index in [2.05, 4.69) is 14.8 Å². The molecule has 0 atom stereocenters. The highest BCUT2D eigenvalue weighted by Crippen LogP contribution is 2.41. The van der Waals surface area contributed by atoms with E-state index >= 15 is 0 Å². The highest BCUT2D eigenvalue weighted by Gasteiger charge is 2.30. The molecule has 118 valence electrons. The maximum atomic E-state index is 12.1. The highest BCUT2D eigenvalue weighted by molar-refractivity contribution is 7.99. The van der Waals surface area contributed by atoms with Crippen LogP contribution in [0.1, 0.15) is 25.8 Å². The quantitative estimate of drug-likeness (QED) is 0.491. The average Bonchev–Trinajstić information content (AvgIpc) is 3.05. The van der Waals surface area contributed by atoms with Crippen molar-refractivity contribution >= 4 is 28.9 Å². The molecule has 2 N–H and O–H groups in total. The lowest BCUT2D eigenvalue weighted by Gasteiger charge is -2.07. The summed E-state index contributed by atoms with van der Waals surface area (Å²) in [5, 5.41) is 20.2. The fourth-order valence-corrected chi connectivity index (χ4v) is 3.77. The van der Waals surface area contributed by atoms with Gasteiger partial charge in [-0.25, -0.2) is 0 Å². The number of carbonyl (C=O) groups is 1. The zero-order chi connectivity index (χ0) is 16.4. The molecule has 0 radical (unpaired) electrons. The predicted molar refractivity (Wildman–Crippen MR) is 89.8 cm³/mol. The van der Waals surface area contributed by atoms with E-state index in [1.807, 2.05) is 23.6 Å². The van der Waals surface area contributed by atoms with E-state index in [0.29, 0.717) is 6.04 Å². The minimum Gasteiger partial charge on any atom is -0.401 e. The van der Waals surface area contributed by atoms with Crippen LogP contribution >= 0.6 is 23.1 Å². The van der Waals surface area contributed by atoms with Crippen molar-refractivity contribution in [2.75, 3.05) is 5.75 Å². The second-order valence-corrected chi connectivity index (χ2v) is 7.16. The molecule has 8 heteroatoms. The molecule has 2 heterocycles. The maximum absolute atomic E-state index is 12.1. The molecule has 0 spiro atoms. The van der Waals surface area contributed by atoms with Crippen LogP contribution in [-0.4, -0.2) is 26.3 Å². The molecule has 0 amide bonds. The number of carbonyl (C=O) groups excluding carboxylic acids is 1. The molecule has 0 saturated heterocycles. The standard InChI is InChI=1S/C15H15N5OS2/c1-9(17)11(7-16)12(21)8-23-15-19-18-14(13-3-2-6-22-13)20(15)10-4-5-10/h2-3,6,10H,4-5,8,17H2,1H3. The van der Waals surface area contributed by atoms with Crippen molar-refractivity contribution in [1.82, 2.24) is 14.8 Å². The van der Waals surface area contributed by atoms with Gasteiger partial charge in [-0.1, -0.05) is 17.8 Å². The topological polar surface area (TPSA) is 97.6 Å². The molecule has 2 aromatic rings. The zero-order valence-corrected chi connectivity index (χ0v) is 14.2. The van der Waals surface area contributed by atoms with Gasteiger partial charge in [-0.2, -0.15) is 5.26 Å². The first-order chi connectivity index (χ1) is 11.1. The first kappa shape index (κ1) is 15.8. The zero-order valence-electron chi connectivity index (χ0n) is 12.5. The number of thioether (sulfide) groups is 1. The number of allylic oxidation sites excluding steroid dienone is 2. The maximum Gasteiger partial charge on any atom is 0.192 e. The summed E-state index contributed by atoms with van der Waals surface area (Å²) in [7, 11) is 0. The van der Waals surface area contributed by atoms with Gasteiger partial charge in [-0.3, -0.25) is 9.36 Å². The summed E-state index contributed by atoms with van der Waals surface area (Å²) >= 11 is 2.93. The SMILES string of the molecule is CC(N)=C(C#N)C(=O)CSc1nnc(-c2cccs2)n1C1CC1. The number of ketones is 1. The van der Waals surface area contributed by atoms with Crippen LogP contribution in [0.4, 0.5) is 0 Å². The number of hydrogen-bond donors (Lipinski definition) is 1. The third-order valence-corrected chi connectivity index (χ3v) is 5.24. The van der Waals surface area contributed by atoms with E-state index < -0.39 is 0 Å². The molecule has 1 fully saturated rings. The normalized spacial score (nSPS) is 15.1. The Bertz CT molecular complexity index is 792. The van der Waals surface area contributed by atoms with Gasteiger partial charge in [0.05, 0.1) is 10.6 Å². The Labute approximate surface area is 142 Å². The van der Waals surface area contributed by atoms with E-state index in [-0.39, 0.29) is 22.8 Å². The molecule has 1 saturated carbocycles. The van der Waals surface area contributed by atoms with Crippen LogP contribution in [0.2, 0.25) is 0 Å². The number of aromatic nitrogens is 3. The van der Waals surface area contributed by atoms with Crippen molar-refractivity contribution in [3.63, 3.8) is 0 Å². The van der Waals surface area contributed by atoms with Crippen LogP contribution in [0.25, 0.3) is 10.7 Å². The molecule has 0 unspecified atom stereocenters. The van der Waals surface area contributed by atoms with Gasteiger partial charge in [-0.05, 0) is 31.2 Å². The van der Waals surface area contributed by atoms with Crippen LogP contribution in [0.3, 0.4) is 0 Å². The molecular formula is C15H15N5OS2. The first-order valence-electron chi connectivity index (χ1n) is 7.13. The summed E-state index contributed by atoms with van der Waals surface area (Å²) in [5.41, 5.74) is 5.84. The third-order valence-electron chi connectivity index (χ3n) is 3.44. The van der Waals surface area contributed by atoms with Gasteiger partial charge in [0.25, 0.3) is 0 Å².